The molecule has 120 valence electrons. The first-order chi connectivity index (χ1) is 9.22. The first-order valence-electron chi connectivity index (χ1n) is 5.83. The average Bonchev–Trinajstić information content (AvgIpc) is 2.25. The van der Waals surface area contributed by atoms with E-state index < -0.39 is 30.0 Å². The highest BCUT2D eigenvalue weighted by atomic mass is 19.4. The minimum Gasteiger partial charge on any atom is -0.385 e. The maximum Gasteiger partial charge on any atom is 0.431 e. The smallest absolute Gasteiger partial charge is 0.385 e. The van der Waals surface area contributed by atoms with Crippen LogP contribution in [0.5, 0.6) is 0 Å². The Morgan fingerprint density at radius 1 is 0.905 bits per heavy atom. The van der Waals surface area contributed by atoms with Crippen LogP contribution in [0.3, 0.4) is 0 Å². The fourth-order valence-corrected chi connectivity index (χ4v) is 2.11. The first kappa shape index (κ1) is 17.7. The van der Waals surface area contributed by atoms with Crippen molar-refractivity contribution in [3.05, 3.63) is 35.4 Å². The van der Waals surface area contributed by atoms with E-state index in [0.717, 1.165) is 13.0 Å². The molecule has 0 amide bonds. The van der Waals surface area contributed by atoms with Gasteiger partial charge in [-0.1, -0.05) is 24.3 Å². The summed E-state index contributed by atoms with van der Waals surface area (Å²) < 4.78 is 89.0. The zero-order chi connectivity index (χ0) is 16.7. The van der Waals surface area contributed by atoms with Crippen LogP contribution in [0.2, 0.25) is 0 Å². The zero-order valence-corrected chi connectivity index (χ0v) is 11.1. The van der Waals surface area contributed by atoms with Gasteiger partial charge in [-0.05, 0) is 25.0 Å². The van der Waals surface area contributed by atoms with E-state index in [1.54, 1.807) is 0 Å². The average molecular weight is 318 g/mol. The molecule has 0 aliphatic heterocycles. The van der Waals surface area contributed by atoms with Crippen molar-refractivity contribution in [2.75, 3.05) is 0 Å². The van der Waals surface area contributed by atoms with Gasteiger partial charge in [0.05, 0.1) is 5.60 Å². The van der Waals surface area contributed by atoms with Crippen molar-refractivity contribution in [2.45, 2.75) is 43.9 Å². The van der Waals surface area contributed by atoms with E-state index in [0.29, 0.717) is 0 Å². The molecular weight excluding hydrogens is 305 g/mol. The van der Waals surface area contributed by atoms with E-state index in [4.69, 9.17) is 0 Å². The Hall–Kier alpha value is -1.31. The fourth-order valence-electron chi connectivity index (χ4n) is 2.11. The molecule has 0 spiro atoms. The Labute approximate surface area is 116 Å². The maximum atomic E-state index is 13.7. The van der Waals surface area contributed by atoms with Crippen LogP contribution in [0.4, 0.5) is 30.7 Å². The summed E-state index contributed by atoms with van der Waals surface area (Å²) in [6.45, 7) is 2.12. The number of hydrogen-bond donors (Lipinski definition) is 1. The first-order valence-corrected chi connectivity index (χ1v) is 5.83. The van der Waals surface area contributed by atoms with Crippen LogP contribution in [0.25, 0.3) is 0 Å². The molecule has 0 heterocycles. The second kappa shape index (κ2) is 5.15. The molecule has 0 saturated carbocycles. The van der Waals surface area contributed by atoms with E-state index in [2.05, 4.69) is 0 Å². The molecule has 1 nitrogen and oxygen atoms in total. The van der Waals surface area contributed by atoms with E-state index >= 15 is 0 Å². The van der Waals surface area contributed by atoms with Crippen LogP contribution in [-0.2, 0) is 5.60 Å². The third kappa shape index (κ3) is 3.30. The van der Waals surface area contributed by atoms with Crippen LogP contribution >= 0.6 is 0 Å². The molecule has 0 fully saturated rings. The molecule has 0 saturated heterocycles. The Bertz CT molecular complexity index is 488. The van der Waals surface area contributed by atoms with Crippen LogP contribution in [-0.4, -0.2) is 23.1 Å². The number of aryl methyl sites for hydroxylation is 1. The monoisotopic (exact) mass is 318 g/mol. The van der Waals surface area contributed by atoms with E-state index in [1.807, 2.05) is 0 Å². The van der Waals surface area contributed by atoms with Gasteiger partial charge in [0.2, 0.25) is 0 Å². The summed E-state index contributed by atoms with van der Waals surface area (Å²) in [7, 11) is 0. The molecule has 1 N–H and O–H groups in total. The van der Waals surface area contributed by atoms with Gasteiger partial charge in [0, 0.05) is 6.42 Å². The van der Waals surface area contributed by atoms with Crippen LogP contribution in [0.1, 0.15) is 24.5 Å². The minimum absolute atomic E-state index is 0.194. The van der Waals surface area contributed by atoms with E-state index in [-0.39, 0.29) is 11.1 Å². The van der Waals surface area contributed by atoms with E-state index in [9.17, 15) is 35.8 Å². The van der Waals surface area contributed by atoms with Crippen molar-refractivity contribution in [3.8, 4) is 0 Å². The van der Waals surface area contributed by atoms with Crippen molar-refractivity contribution < 1.29 is 35.8 Å². The molecule has 8 heteroatoms. The Kier molecular flexibility index (Phi) is 4.35. The number of aliphatic hydroxyl groups is 1. The standard InChI is InChI=1S/C13H13F7O/c1-8-5-3-4-6-9(8)10(2,21)7-11(14,12(15,16)17)13(18,19)20/h3-6,21H,7H2,1-2H3. The predicted octanol–water partition coefficient (Wildman–Crippen LogP) is 4.43. The van der Waals surface area contributed by atoms with Crippen molar-refractivity contribution in [1.29, 1.82) is 0 Å². The second-order valence-corrected chi connectivity index (χ2v) is 5.06. The molecule has 0 bridgehead atoms. The Morgan fingerprint density at radius 2 is 1.33 bits per heavy atom. The number of hydrogen-bond acceptors (Lipinski definition) is 1. The Morgan fingerprint density at radius 3 is 1.71 bits per heavy atom. The van der Waals surface area contributed by atoms with Crippen molar-refractivity contribution in [1.82, 2.24) is 0 Å². The van der Waals surface area contributed by atoms with Gasteiger partial charge < -0.3 is 5.11 Å². The van der Waals surface area contributed by atoms with Crippen molar-refractivity contribution in [2.24, 2.45) is 0 Å². The number of halogens is 7. The van der Waals surface area contributed by atoms with Gasteiger partial charge in [-0.25, -0.2) is 4.39 Å². The highest BCUT2D eigenvalue weighted by Crippen LogP contribution is 2.52. The fraction of sp³-hybridized carbons (Fsp3) is 0.538. The lowest BCUT2D eigenvalue weighted by Crippen LogP contribution is -2.56. The molecule has 1 unspecified atom stereocenters. The van der Waals surface area contributed by atoms with Crippen LogP contribution < -0.4 is 0 Å². The van der Waals surface area contributed by atoms with Gasteiger partial charge in [0.15, 0.2) is 0 Å². The van der Waals surface area contributed by atoms with Crippen LogP contribution in [0, 0.1) is 6.92 Å². The lowest BCUT2D eigenvalue weighted by Gasteiger charge is -2.36. The largest absolute Gasteiger partial charge is 0.431 e. The number of alkyl halides is 7. The molecule has 1 aromatic carbocycles. The van der Waals surface area contributed by atoms with Crippen molar-refractivity contribution >= 4 is 0 Å². The number of rotatable bonds is 3. The topological polar surface area (TPSA) is 20.2 Å². The molecule has 1 atom stereocenters. The summed E-state index contributed by atoms with van der Waals surface area (Å²) in [5.41, 5.74) is -8.06. The summed E-state index contributed by atoms with van der Waals surface area (Å²) >= 11 is 0. The van der Waals surface area contributed by atoms with Gasteiger partial charge in [0.25, 0.3) is 0 Å². The molecule has 1 aromatic rings. The van der Waals surface area contributed by atoms with Gasteiger partial charge in [-0.2, -0.15) is 26.3 Å². The maximum absolute atomic E-state index is 13.7. The lowest BCUT2D eigenvalue weighted by atomic mass is 9.82. The molecule has 21 heavy (non-hydrogen) atoms. The highest BCUT2D eigenvalue weighted by molar-refractivity contribution is 5.31. The van der Waals surface area contributed by atoms with Crippen molar-refractivity contribution in [3.63, 3.8) is 0 Å². The summed E-state index contributed by atoms with van der Waals surface area (Å²) in [6.07, 6.45) is -14.5. The quantitative estimate of drug-likeness (QED) is 0.818. The summed E-state index contributed by atoms with van der Waals surface area (Å²) in [6, 6.07) is 5.37. The third-order valence-electron chi connectivity index (χ3n) is 3.21. The normalized spacial score (nSPS) is 16.7. The molecule has 1 rings (SSSR count). The van der Waals surface area contributed by atoms with Gasteiger partial charge in [-0.3, -0.25) is 0 Å². The zero-order valence-electron chi connectivity index (χ0n) is 11.1. The van der Waals surface area contributed by atoms with Gasteiger partial charge in [0.1, 0.15) is 0 Å². The van der Waals surface area contributed by atoms with Gasteiger partial charge in [-0.15, -0.1) is 0 Å². The highest BCUT2D eigenvalue weighted by Gasteiger charge is 2.73. The summed E-state index contributed by atoms with van der Waals surface area (Å²) in [4.78, 5) is 0. The molecule has 0 radical (unpaired) electrons. The predicted molar refractivity (Wildman–Crippen MR) is 61.3 cm³/mol. The summed E-state index contributed by atoms with van der Waals surface area (Å²) in [5.74, 6) is 0. The third-order valence-corrected chi connectivity index (χ3v) is 3.21. The Balaban J connectivity index is 3.30. The summed E-state index contributed by atoms with van der Waals surface area (Å²) in [5, 5.41) is 9.99. The molecule has 0 aromatic heterocycles. The lowest BCUT2D eigenvalue weighted by molar-refractivity contribution is -0.352. The van der Waals surface area contributed by atoms with Gasteiger partial charge >= 0.3 is 18.0 Å². The molecule has 0 aliphatic carbocycles. The minimum atomic E-state index is -6.18. The second-order valence-electron chi connectivity index (χ2n) is 5.06. The van der Waals surface area contributed by atoms with Crippen LogP contribution in [0.15, 0.2) is 24.3 Å². The molecular formula is C13H13F7O. The number of benzene rings is 1. The van der Waals surface area contributed by atoms with E-state index in [1.165, 1.54) is 25.1 Å². The molecule has 0 aliphatic rings. The SMILES string of the molecule is Cc1ccccc1C(C)(O)CC(F)(C(F)(F)F)C(F)(F)F.